The Kier molecular flexibility index (Phi) is 5.66. The predicted octanol–water partition coefficient (Wildman–Crippen LogP) is 3.67. The predicted molar refractivity (Wildman–Crippen MR) is 103 cm³/mol. The minimum Gasteiger partial charge on any atom is -0.462 e. The van der Waals surface area contributed by atoms with E-state index in [1.165, 1.54) is 0 Å². The number of hydrogen-bond acceptors (Lipinski definition) is 4. The monoisotopic (exact) mass is 363 g/mol. The van der Waals surface area contributed by atoms with Crippen molar-refractivity contribution >= 4 is 17.6 Å². The maximum atomic E-state index is 12.5. The van der Waals surface area contributed by atoms with Crippen LogP contribution >= 0.6 is 0 Å². The van der Waals surface area contributed by atoms with Gasteiger partial charge in [0.2, 0.25) is 0 Å². The summed E-state index contributed by atoms with van der Waals surface area (Å²) in [6, 6.07) is 14.1. The molecule has 1 amide bonds. The van der Waals surface area contributed by atoms with Crippen LogP contribution in [0.15, 0.2) is 60.9 Å². The average Bonchev–Trinajstić information content (AvgIpc) is 3.07. The summed E-state index contributed by atoms with van der Waals surface area (Å²) < 4.78 is 7.02. The number of hydrogen-bond donors (Lipinski definition) is 1. The number of esters is 1. The summed E-state index contributed by atoms with van der Waals surface area (Å²) in [6.45, 7) is 4.71. The van der Waals surface area contributed by atoms with Crippen LogP contribution in [-0.2, 0) is 11.3 Å². The zero-order valence-corrected chi connectivity index (χ0v) is 15.3. The Labute approximate surface area is 157 Å². The summed E-state index contributed by atoms with van der Waals surface area (Å²) in [6.07, 6.45) is 3.69. The first-order chi connectivity index (χ1) is 13.1. The molecule has 0 spiro atoms. The van der Waals surface area contributed by atoms with E-state index >= 15 is 0 Å². The van der Waals surface area contributed by atoms with Gasteiger partial charge in [-0.3, -0.25) is 4.79 Å². The van der Waals surface area contributed by atoms with Crippen molar-refractivity contribution in [2.24, 2.45) is 0 Å². The van der Waals surface area contributed by atoms with Gasteiger partial charge in [0.1, 0.15) is 5.82 Å². The second-order valence-corrected chi connectivity index (χ2v) is 6.05. The van der Waals surface area contributed by atoms with E-state index in [1.54, 1.807) is 49.5 Å². The molecule has 6 nitrogen and oxygen atoms in total. The van der Waals surface area contributed by atoms with Crippen molar-refractivity contribution in [1.82, 2.24) is 9.55 Å². The third kappa shape index (κ3) is 4.61. The molecule has 0 atom stereocenters. The number of nitrogens with one attached hydrogen (secondary N) is 1. The molecule has 1 heterocycles. The summed E-state index contributed by atoms with van der Waals surface area (Å²) >= 11 is 0. The Morgan fingerprint density at radius 1 is 1.11 bits per heavy atom. The molecule has 0 saturated carbocycles. The summed E-state index contributed by atoms with van der Waals surface area (Å²) in [5, 5.41) is 2.81. The maximum absolute atomic E-state index is 12.5. The Morgan fingerprint density at radius 3 is 2.56 bits per heavy atom. The van der Waals surface area contributed by atoms with Crippen LogP contribution in [0.4, 0.5) is 5.69 Å². The van der Waals surface area contributed by atoms with Crippen molar-refractivity contribution in [3.8, 4) is 0 Å². The lowest BCUT2D eigenvalue weighted by Crippen LogP contribution is -2.13. The van der Waals surface area contributed by atoms with Gasteiger partial charge in [0.05, 0.1) is 12.2 Å². The molecule has 3 aromatic rings. The second-order valence-electron chi connectivity index (χ2n) is 6.05. The highest BCUT2D eigenvalue weighted by atomic mass is 16.5. The molecule has 1 N–H and O–H groups in total. The van der Waals surface area contributed by atoms with Gasteiger partial charge in [0.25, 0.3) is 5.91 Å². The van der Waals surface area contributed by atoms with Gasteiger partial charge in [-0.15, -0.1) is 0 Å². The van der Waals surface area contributed by atoms with Gasteiger partial charge in [-0.2, -0.15) is 0 Å². The Hall–Kier alpha value is -3.41. The van der Waals surface area contributed by atoms with Crippen molar-refractivity contribution in [2.75, 3.05) is 11.9 Å². The van der Waals surface area contributed by atoms with Crippen LogP contribution in [0.2, 0.25) is 0 Å². The van der Waals surface area contributed by atoms with Crippen molar-refractivity contribution in [3.05, 3.63) is 83.4 Å². The molecule has 0 unspecified atom stereocenters. The SMILES string of the molecule is CCOC(=O)c1cccc(NC(=O)c2ccc(Cn3ccnc3C)cc2)c1. The van der Waals surface area contributed by atoms with E-state index in [1.807, 2.05) is 29.8 Å². The molecule has 6 heteroatoms. The first-order valence-electron chi connectivity index (χ1n) is 8.72. The van der Waals surface area contributed by atoms with Crippen LogP contribution in [0.25, 0.3) is 0 Å². The van der Waals surface area contributed by atoms with Crippen molar-refractivity contribution in [3.63, 3.8) is 0 Å². The van der Waals surface area contributed by atoms with Crippen molar-refractivity contribution < 1.29 is 14.3 Å². The Bertz CT molecular complexity index is 945. The van der Waals surface area contributed by atoms with Gasteiger partial charge in [0.15, 0.2) is 0 Å². The number of carbonyl (C=O) groups is 2. The topological polar surface area (TPSA) is 73.2 Å². The van der Waals surface area contributed by atoms with E-state index in [0.717, 1.165) is 11.4 Å². The molecule has 0 aliphatic rings. The molecule has 0 fully saturated rings. The number of aromatic nitrogens is 2. The van der Waals surface area contributed by atoms with E-state index in [4.69, 9.17) is 4.74 Å². The summed E-state index contributed by atoms with van der Waals surface area (Å²) in [4.78, 5) is 28.5. The molecule has 0 aliphatic heterocycles. The van der Waals surface area contributed by atoms with Gasteiger partial charge in [-0.25, -0.2) is 9.78 Å². The van der Waals surface area contributed by atoms with E-state index < -0.39 is 5.97 Å². The first kappa shape index (κ1) is 18.4. The number of aryl methyl sites for hydroxylation is 1. The molecule has 2 aromatic carbocycles. The molecular weight excluding hydrogens is 342 g/mol. The number of nitrogens with zero attached hydrogens (tertiary/aromatic N) is 2. The fourth-order valence-electron chi connectivity index (χ4n) is 2.67. The number of ether oxygens (including phenoxy) is 1. The zero-order chi connectivity index (χ0) is 19.2. The minimum absolute atomic E-state index is 0.235. The lowest BCUT2D eigenvalue weighted by molar-refractivity contribution is 0.0526. The number of benzene rings is 2. The maximum Gasteiger partial charge on any atom is 0.338 e. The summed E-state index contributed by atoms with van der Waals surface area (Å²) in [5.74, 6) is 0.299. The third-order valence-corrected chi connectivity index (χ3v) is 4.12. The lowest BCUT2D eigenvalue weighted by atomic mass is 10.1. The fraction of sp³-hybridized carbons (Fsp3) is 0.190. The largest absolute Gasteiger partial charge is 0.462 e. The smallest absolute Gasteiger partial charge is 0.338 e. The molecule has 1 aromatic heterocycles. The normalized spacial score (nSPS) is 10.4. The average molecular weight is 363 g/mol. The van der Waals surface area contributed by atoms with E-state index in [9.17, 15) is 9.59 Å². The number of rotatable bonds is 6. The number of anilines is 1. The van der Waals surface area contributed by atoms with Crippen LogP contribution in [0, 0.1) is 6.92 Å². The quantitative estimate of drug-likeness (QED) is 0.678. The van der Waals surface area contributed by atoms with E-state index in [-0.39, 0.29) is 5.91 Å². The van der Waals surface area contributed by atoms with Crippen LogP contribution < -0.4 is 5.32 Å². The minimum atomic E-state index is -0.409. The molecule has 3 rings (SSSR count). The zero-order valence-electron chi connectivity index (χ0n) is 15.3. The number of carbonyl (C=O) groups excluding carboxylic acids is 2. The van der Waals surface area contributed by atoms with Crippen molar-refractivity contribution in [2.45, 2.75) is 20.4 Å². The molecule has 138 valence electrons. The second kappa shape index (κ2) is 8.31. The number of imidazole rings is 1. The molecule has 0 aliphatic carbocycles. The standard InChI is InChI=1S/C21H21N3O3/c1-3-27-21(26)18-5-4-6-19(13-18)23-20(25)17-9-7-16(8-10-17)14-24-12-11-22-15(24)2/h4-13H,3,14H2,1-2H3,(H,23,25). The summed E-state index contributed by atoms with van der Waals surface area (Å²) in [7, 11) is 0. The van der Waals surface area contributed by atoms with Crippen LogP contribution in [0.3, 0.4) is 0 Å². The third-order valence-electron chi connectivity index (χ3n) is 4.12. The van der Waals surface area contributed by atoms with E-state index in [0.29, 0.717) is 30.0 Å². The van der Waals surface area contributed by atoms with Gasteiger partial charge in [-0.1, -0.05) is 18.2 Å². The Balaban J connectivity index is 1.67. The number of amides is 1. The van der Waals surface area contributed by atoms with Crippen LogP contribution in [0.1, 0.15) is 39.0 Å². The highest BCUT2D eigenvalue weighted by Gasteiger charge is 2.10. The highest BCUT2D eigenvalue weighted by Crippen LogP contribution is 2.14. The lowest BCUT2D eigenvalue weighted by Gasteiger charge is -2.09. The van der Waals surface area contributed by atoms with Gasteiger partial charge < -0.3 is 14.6 Å². The van der Waals surface area contributed by atoms with Gasteiger partial charge in [-0.05, 0) is 49.7 Å². The van der Waals surface area contributed by atoms with E-state index in [2.05, 4.69) is 10.3 Å². The fourth-order valence-corrected chi connectivity index (χ4v) is 2.67. The van der Waals surface area contributed by atoms with Gasteiger partial charge >= 0.3 is 5.97 Å². The molecule has 27 heavy (non-hydrogen) atoms. The highest BCUT2D eigenvalue weighted by molar-refractivity contribution is 6.04. The molecule has 0 radical (unpaired) electrons. The van der Waals surface area contributed by atoms with Crippen LogP contribution in [-0.4, -0.2) is 28.0 Å². The Morgan fingerprint density at radius 2 is 1.89 bits per heavy atom. The molecular formula is C21H21N3O3. The first-order valence-corrected chi connectivity index (χ1v) is 8.72. The van der Waals surface area contributed by atoms with Crippen LogP contribution in [0.5, 0.6) is 0 Å². The summed E-state index contributed by atoms with van der Waals surface area (Å²) in [5.41, 5.74) is 2.57. The van der Waals surface area contributed by atoms with Crippen molar-refractivity contribution in [1.29, 1.82) is 0 Å². The van der Waals surface area contributed by atoms with Gasteiger partial charge in [0, 0.05) is 30.2 Å². The molecule has 0 bridgehead atoms. The molecule has 0 saturated heterocycles.